The first-order chi connectivity index (χ1) is 11.1. The molecule has 0 saturated carbocycles. The zero-order valence-corrected chi connectivity index (χ0v) is 13.6. The van der Waals surface area contributed by atoms with Gasteiger partial charge in [0.15, 0.2) is 0 Å². The normalized spacial score (nSPS) is 14.5. The molecule has 1 aliphatic heterocycles. The average molecular weight is 338 g/mol. The maximum atomic E-state index is 12.1. The van der Waals surface area contributed by atoms with Crippen LogP contribution >= 0.6 is 11.6 Å². The van der Waals surface area contributed by atoms with Crippen molar-refractivity contribution in [1.29, 1.82) is 0 Å². The summed E-state index contributed by atoms with van der Waals surface area (Å²) in [4.78, 5) is 39.1. The molecule has 0 radical (unpaired) electrons. The number of benzene rings is 1. The van der Waals surface area contributed by atoms with Crippen LogP contribution in [0.2, 0.25) is 0 Å². The number of piperazine rings is 1. The lowest BCUT2D eigenvalue weighted by Crippen LogP contribution is -2.52. The van der Waals surface area contributed by atoms with Crippen molar-refractivity contribution in [3.05, 3.63) is 35.9 Å². The van der Waals surface area contributed by atoms with E-state index in [0.29, 0.717) is 44.0 Å². The molecule has 0 unspecified atom stereocenters. The number of nitrogens with one attached hydrogen (secondary N) is 1. The van der Waals surface area contributed by atoms with E-state index in [-0.39, 0.29) is 24.3 Å². The molecule has 0 spiro atoms. The van der Waals surface area contributed by atoms with Crippen molar-refractivity contribution in [2.45, 2.75) is 6.42 Å². The van der Waals surface area contributed by atoms with Crippen molar-refractivity contribution in [1.82, 2.24) is 15.1 Å². The van der Waals surface area contributed by atoms with Crippen molar-refractivity contribution in [3.8, 4) is 0 Å². The predicted molar refractivity (Wildman–Crippen MR) is 87.3 cm³/mol. The fourth-order valence-electron chi connectivity index (χ4n) is 2.40. The minimum Gasteiger partial charge on any atom is -0.343 e. The summed E-state index contributed by atoms with van der Waals surface area (Å²) in [5, 5.41) is 2.62. The van der Waals surface area contributed by atoms with E-state index in [9.17, 15) is 14.4 Å². The molecule has 1 aromatic rings. The van der Waals surface area contributed by atoms with Gasteiger partial charge in [-0.2, -0.15) is 0 Å². The van der Waals surface area contributed by atoms with Crippen LogP contribution < -0.4 is 5.32 Å². The van der Waals surface area contributed by atoms with Gasteiger partial charge in [0.25, 0.3) is 5.91 Å². The monoisotopic (exact) mass is 337 g/mol. The third-order valence-corrected chi connectivity index (χ3v) is 3.92. The maximum absolute atomic E-state index is 12.1. The molecule has 1 aliphatic rings. The van der Waals surface area contributed by atoms with Crippen LogP contribution in [0.1, 0.15) is 16.8 Å². The van der Waals surface area contributed by atoms with Gasteiger partial charge in [0.2, 0.25) is 11.8 Å². The van der Waals surface area contributed by atoms with Crippen molar-refractivity contribution >= 4 is 29.3 Å². The molecule has 1 N–H and O–H groups in total. The number of alkyl halides is 1. The Morgan fingerprint density at radius 2 is 1.52 bits per heavy atom. The van der Waals surface area contributed by atoms with Gasteiger partial charge >= 0.3 is 0 Å². The number of rotatable bonds is 5. The first kappa shape index (κ1) is 17.3. The summed E-state index contributed by atoms with van der Waals surface area (Å²) >= 11 is 5.56. The molecule has 23 heavy (non-hydrogen) atoms. The van der Waals surface area contributed by atoms with E-state index in [2.05, 4.69) is 5.32 Å². The zero-order chi connectivity index (χ0) is 16.7. The third kappa shape index (κ3) is 4.96. The maximum Gasteiger partial charge on any atom is 0.251 e. The highest BCUT2D eigenvalue weighted by Gasteiger charge is 2.23. The summed E-state index contributed by atoms with van der Waals surface area (Å²) in [6, 6.07) is 8.76. The van der Waals surface area contributed by atoms with Gasteiger partial charge in [0, 0.05) is 44.0 Å². The van der Waals surface area contributed by atoms with Gasteiger partial charge in [0.1, 0.15) is 0 Å². The molecule has 0 bridgehead atoms. The summed E-state index contributed by atoms with van der Waals surface area (Å²) in [6.45, 7) is 1.94. The Morgan fingerprint density at radius 1 is 0.957 bits per heavy atom. The largest absolute Gasteiger partial charge is 0.343 e. The minimum atomic E-state index is -0.269. The van der Waals surface area contributed by atoms with Gasteiger partial charge in [-0.1, -0.05) is 18.2 Å². The van der Waals surface area contributed by atoms with Crippen LogP contribution in [-0.2, 0) is 9.59 Å². The lowest BCUT2D eigenvalue weighted by Gasteiger charge is -2.34. The highest BCUT2D eigenvalue weighted by atomic mass is 35.5. The van der Waals surface area contributed by atoms with Gasteiger partial charge in [-0.05, 0) is 12.1 Å². The minimum absolute atomic E-state index is 0.0180. The molecule has 0 atom stereocenters. The van der Waals surface area contributed by atoms with Crippen LogP contribution in [0.15, 0.2) is 30.3 Å². The highest BCUT2D eigenvalue weighted by Crippen LogP contribution is 2.05. The Kier molecular flexibility index (Phi) is 6.40. The molecule has 0 aromatic heterocycles. The molecule has 1 aromatic carbocycles. The molecule has 6 nitrogen and oxygen atoms in total. The topological polar surface area (TPSA) is 69.7 Å². The number of halogens is 1. The van der Waals surface area contributed by atoms with Crippen LogP contribution in [0.25, 0.3) is 0 Å². The zero-order valence-electron chi connectivity index (χ0n) is 12.8. The molecule has 1 fully saturated rings. The van der Waals surface area contributed by atoms with Crippen molar-refractivity contribution < 1.29 is 14.4 Å². The van der Waals surface area contributed by atoms with Gasteiger partial charge in [0.05, 0.1) is 6.54 Å². The van der Waals surface area contributed by atoms with Crippen molar-refractivity contribution in [2.75, 3.05) is 38.6 Å². The van der Waals surface area contributed by atoms with Crippen LogP contribution in [0.3, 0.4) is 0 Å². The van der Waals surface area contributed by atoms with E-state index in [1.165, 1.54) is 0 Å². The molecule has 1 heterocycles. The van der Waals surface area contributed by atoms with Crippen molar-refractivity contribution in [2.24, 2.45) is 0 Å². The van der Waals surface area contributed by atoms with Gasteiger partial charge in [-0.3, -0.25) is 14.4 Å². The third-order valence-electron chi connectivity index (χ3n) is 3.73. The van der Waals surface area contributed by atoms with Crippen LogP contribution in [0.5, 0.6) is 0 Å². The summed E-state index contributed by atoms with van der Waals surface area (Å²) in [5.41, 5.74) is 0.525. The van der Waals surface area contributed by atoms with Crippen molar-refractivity contribution in [3.63, 3.8) is 0 Å². The van der Waals surface area contributed by atoms with Gasteiger partial charge in [-0.15, -0.1) is 11.6 Å². The summed E-state index contributed by atoms with van der Waals surface area (Å²) in [5.74, 6) is -0.0816. The van der Waals surface area contributed by atoms with Crippen LogP contribution in [0, 0.1) is 0 Å². The molecule has 124 valence electrons. The fraction of sp³-hybridized carbons (Fsp3) is 0.438. The number of amides is 3. The Bertz CT molecular complexity index is 557. The molecule has 3 amide bonds. The lowest BCUT2D eigenvalue weighted by atomic mass is 10.2. The Balaban J connectivity index is 1.75. The number of nitrogens with zero attached hydrogens (tertiary/aromatic N) is 2. The SMILES string of the molecule is O=C(NCC(=O)N1CCN(C(=O)CCCl)CC1)c1ccccc1. The molecule has 7 heteroatoms. The first-order valence-corrected chi connectivity index (χ1v) is 8.10. The molecule has 2 rings (SSSR count). The highest BCUT2D eigenvalue weighted by molar-refractivity contribution is 6.18. The Labute approximate surface area is 140 Å². The standard InChI is InChI=1S/C16H20ClN3O3/c17-7-6-14(21)19-8-10-20(11-9-19)15(22)12-18-16(23)13-4-2-1-3-5-13/h1-5H,6-12H2,(H,18,23). The molecule has 0 aliphatic carbocycles. The van der Waals surface area contributed by atoms with E-state index >= 15 is 0 Å². The number of hydrogen-bond acceptors (Lipinski definition) is 3. The predicted octanol–water partition coefficient (Wildman–Crippen LogP) is 0.716. The number of carbonyl (C=O) groups excluding carboxylic acids is 3. The van der Waals surface area contributed by atoms with E-state index in [0.717, 1.165) is 0 Å². The van der Waals surface area contributed by atoms with E-state index in [1.54, 1.807) is 34.1 Å². The smallest absolute Gasteiger partial charge is 0.251 e. The fourth-order valence-corrected chi connectivity index (χ4v) is 2.57. The van der Waals surface area contributed by atoms with Crippen LogP contribution in [0.4, 0.5) is 0 Å². The van der Waals surface area contributed by atoms with E-state index in [4.69, 9.17) is 11.6 Å². The Hall–Kier alpha value is -2.08. The number of hydrogen-bond donors (Lipinski definition) is 1. The second kappa shape index (κ2) is 8.53. The summed E-state index contributed by atoms with van der Waals surface area (Å²) in [6.07, 6.45) is 0.322. The van der Waals surface area contributed by atoms with Gasteiger partial charge in [-0.25, -0.2) is 0 Å². The molecular weight excluding hydrogens is 318 g/mol. The second-order valence-electron chi connectivity index (χ2n) is 5.25. The second-order valence-corrected chi connectivity index (χ2v) is 5.63. The first-order valence-electron chi connectivity index (χ1n) is 7.56. The average Bonchev–Trinajstić information content (AvgIpc) is 2.60. The van der Waals surface area contributed by atoms with E-state index < -0.39 is 0 Å². The quantitative estimate of drug-likeness (QED) is 0.805. The summed E-state index contributed by atoms with van der Waals surface area (Å²) in [7, 11) is 0. The molecular formula is C16H20ClN3O3. The van der Waals surface area contributed by atoms with E-state index in [1.807, 2.05) is 6.07 Å². The summed E-state index contributed by atoms with van der Waals surface area (Å²) < 4.78 is 0. The number of carbonyl (C=O) groups is 3. The lowest BCUT2D eigenvalue weighted by molar-refractivity contribution is -0.138. The molecule has 1 saturated heterocycles. The van der Waals surface area contributed by atoms with Crippen LogP contribution in [-0.4, -0.2) is 66.1 Å². The van der Waals surface area contributed by atoms with Gasteiger partial charge < -0.3 is 15.1 Å². The Morgan fingerprint density at radius 3 is 2.09 bits per heavy atom.